The number of carbonyl (C=O) groups excluding carboxylic acids is 3. The standard InChI is InChI=1S/C15H17N3O4S/c1-16-4-2-3-11(16)9-12-14(20)18(15(21)23-12)10-13(19)17-5-7-22-8-6-17/h2-4,9H,5-8,10H2,1H3/b12-9+. The Morgan fingerprint density at radius 1 is 1.35 bits per heavy atom. The Morgan fingerprint density at radius 3 is 2.74 bits per heavy atom. The van der Waals surface area contributed by atoms with Gasteiger partial charge >= 0.3 is 0 Å². The third-order valence-electron chi connectivity index (χ3n) is 3.79. The highest BCUT2D eigenvalue weighted by Crippen LogP contribution is 2.32. The lowest BCUT2D eigenvalue weighted by molar-refractivity contribution is -0.139. The third kappa shape index (κ3) is 3.32. The van der Waals surface area contributed by atoms with Crippen molar-refractivity contribution in [1.29, 1.82) is 0 Å². The smallest absolute Gasteiger partial charge is 0.294 e. The highest BCUT2D eigenvalue weighted by Gasteiger charge is 2.37. The summed E-state index contributed by atoms with van der Waals surface area (Å²) in [4.78, 5) is 39.6. The van der Waals surface area contributed by atoms with Crippen LogP contribution < -0.4 is 0 Å². The van der Waals surface area contributed by atoms with E-state index in [0.29, 0.717) is 31.2 Å². The average Bonchev–Trinajstić information content (AvgIpc) is 3.07. The largest absolute Gasteiger partial charge is 0.378 e. The number of carbonyl (C=O) groups is 3. The number of aryl methyl sites for hydroxylation is 1. The van der Waals surface area contributed by atoms with Crippen LogP contribution in [0.2, 0.25) is 0 Å². The van der Waals surface area contributed by atoms with Gasteiger partial charge in [0.15, 0.2) is 0 Å². The highest BCUT2D eigenvalue weighted by atomic mass is 32.2. The normalized spacial score (nSPS) is 20.7. The fraction of sp³-hybridized carbons (Fsp3) is 0.400. The first-order valence-electron chi connectivity index (χ1n) is 7.28. The summed E-state index contributed by atoms with van der Waals surface area (Å²) in [6.45, 7) is 1.75. The molecule has 2 aliphatic rings. The van der Waals surface area contributed by atoms with E-state index in [-0.39, 0.29) is 12.5 Å². The third-order valence-corrected chi connectivity index (χ3v) is 4.70. The fourth-order valence-corrected chi connectivity index (χ4v) is 3.27. The van der Waals surface area contributed by atoms with Crippen LogP contribution in [0.5, 0.6) is 0 Å². The maximum atomic E-state index is 12.4. The number of morpholine rings is 1. The van der Waals surface area contributed by atoms with E-state index in [0.717, 1.165) is 22.4 Å². The van der Waals surface area contributed by atoms with Crippen LogP contribution in [-0.2, 0) is 21.4 Å². The van der Waals surface area contributed by atoms with Gasteiger partial charge in [0.1, 0.15) is 6.54 Å². The van der Waals surface area contributed by atoms with Crippen molar-refractivity contribution in [2.75, 3.05) is 32.8 Å². The van der Waals surface area contributed by atoms with Gasteiger partial charge in [0.2, 0.25) is 5.91 Å². The molecule has 1 aromatic rings. The van der Waals surface area contributed by atoms with Crippen molar-refractivity contribution < 1.29 is 19.1 Å². The average molecular weight is 335 g/mol. The van der Waals surface area contributed by atoms with Crippen molar-refractivity contribution in [2.24, 2.45) is 7.05 Å². The molecule has 2 fully saturated rings. The number of ether oxygens (including phenoxy) is 1. The number of aromatic nitrogens is 1. The van der Waals surface area contributed by atoms with Crippen LogP contribution in [0.25, 0.3) is 6.08 Å². The van der Waals surface area contributed by atoms with E-state index < -0.39 is 11.1 Å². The van der Waals surface area contributed by atoms with Crippen molar-refractivity contribution in [2.45, 2.75) is 0 Å². The minimum absolute atomic E-state index is 0.213. The van der Waals surface area contributed by atoms with Gasteiger partial charge < -0.3 is 14.2 Å². The van der Waals surface area contributed by atoms with E-state index in [9.17, 15) is 14.4 Å². The molecular weight excluding hydrogens is 318 g/mol. The van der Waals surface area contributed by atoms with E-state index >= 15 is 0 Å². The zero-order valence-corrected chi connectivity index (χ0v) is 13.5. The summed E-state index contributed by atoms with van der Waals surface area (Å²) in [6, 6.07) is 3.71. The van der Waals surface area contributed by atoms with Gasteiger partial charge in [-0.15, -0.1) is 0 Å². The molecule has 3 rings (SSSR count). The van der Waals surface area contributed by atoms with Crippen molar-refractivity contribution in [3.63, 3.8) is 0 Å². The van der Waals surface area contributed by atoms with Gasteiger partial charge in [-0.2, -0.15) is 0 Å². The molecule has 0 aliphatic carbocycles. The maximum Gasteiger partial charge on any atom is 0.294 e. The van der Waals surface area contributed by atoms with Gasteiger partial charge in [0, 0.05) is 32.0 Å². The first-order valence-corrected chi connectivity index (χ1v) is 8.10. The summed E-state index contributed by atoms with van der Waals surface area (Å²) in [7, 11) is 1.86. The van der Waals surface area contributed by atoms with Crippen LogP contribution in [0, 0.1) is 0 Å². The van der Waals surface area contributed by atoms with E-state index in [1.54, 1.807) is 11.0 Å². The molecule has 0 spiro atoms. The van der Waals surface area contributed by atoms with Crippen LogP contribution in [0.15, 0.2) is 23.2 Å². The molecule has 0 radical (unpaired) electrons. The molecule has 0 N–H and O–H groups in total. The molecule has 0 aromatic carbocycles. The number of amides is 3. The van der Waals surface area contributed by atoms with Crippen molar-refractivity contribution in [1.82, 2.24) is 14.4 Å². The molecule has 3 heterocycles. The van der Waals surface area contributed by atoms with Gasteiger partial charge in [-0.05, 0) is 30.0 Å². The maximum absolute atomic E-state index is 12.4. The Labute approximate surface area is 137 Å². The molecule has 7 nitrogen and oxygen atoms in total. The zero-order valence-electron chi connectivity index (χ0n) is 12.7. The summed E-state index contributed by atoms with van der Waals surface area (Å²) < 4.78 is 7.05. The van der Waals surface area contributed by atoms with E-state index in [1.165, 1.54) is 0 Å². The topological polar surface area (TPSA) is 71.8 Å². The Morgan fingerprint density at radius 2 is 2.09 bits per heavy atom. The number of hydrogen-bond donors (Lipinski definition) is 0. The second-order valence-corrected chi connectivity index (χ2v) is 6.30. The molecular formula is C15H17N3O4S. The minimum atomic E-state index is -0.414. The summed E-state index contributed by atoms with van der Waals surface area (Å²) >= 11 is 0.867. The van der Waals surface area contributed by atoms with Gasteiger partial charge in [-0.25, -0.2) is 0 Å². The van der Waals surface area contributed by atoms with Gasteiger partial charge in [0.05, 0.1) is 18.1 Å². The number of rotatable bonds is 3. The Bertz CT molecular complexity index is 676. The molecule has 0 saturated carbocycles. The number of imide groups is 1. The van der Waals surface area contributed by atoms with Crippen molar-refractivity contribution >= 4 is 34.9 Å². The molecule has 122 valence electrons. The van der Waals surface area contributed by atoms with E-state index in [1.807, 2.05) is 29.9 Å². The molecule has 23 heavy (non-hydrogen) atoms. The molecule has 3 amide bonds. The van der Waals surface area contributed by atoms with E-state index in [2.05, 4.69) is 0 Å². The fourth-order valence-electron chi connectivity index (χ4n) is 2.44. The molecule has 2 saturated heterocycles. The summed E-state index contributed by atoms with van der Waals surface area (Å²) in [6.07, 6.45) is 3.53. The molecule has 0 atom stereocenters. The summed E-state index contributed by atoms with van der Waals surface area (Å²) in [5.41, 5.74) is 0.829. The molecule has 2 aliphatic heterocycles. The molecule has 1 aromatic heterocycles. The number of thioether (sulfide) groups is 1. The second kappa shape index (κ2) is 6.59. The van der Waals surface area contributed by atoms with Crippen LogP contribution in [-0.4, -0.2) is 64.3 Å². The van der Waals surface area contributed by atoms with Gasteiger partial charge in [-0.1, -0.05) is 0 Å². The van der Waals surface area contributed by atoms with Crippen LogP contribution in [0.3, 0.4) is 0 Å². The summed E-state index contributed by atoms with van der Waals surface area (Å²) in [5.74, 6) is -0.640. The predicted molar refractivity (Wildman–Crippen MR) is 85.5 cm³/mol. The lowest BCUT2D eigenvalue weighted by Gasteiger charge is -2.28. The quantitative estimate of drug-likeness (QED) is 0.768. The SMILES string of the molecule is Cn1cccc1/C=C1/SC(=O)N(CC(=O)N2CCOCC2)C1=O. The lowest BCUT2D eigenvalue weighted by atomic mass is 10.3. The number of hydrogen-bond acceptors (Lipinski definition) is 5. The van der Waals surface area contributed by atoms with Gasteiger partial charge in [0.25, 0.3) is 11.1 Å². The van der Waals surface area contributed by atoms with Crippen LogP contribution in [0.1, 0.15) is 5.69 Å². The predicted octanol–water partition coefficient (Wildman–Crippen LogP) is 0.920. The molecule has 0 bridgehead atoms. The Balaban J connectivity index is 1.70. The summed E-state index contributed by atoms with van der Waals surface area (Å²) in [5, 5.41) is -0.405. The van der Waals surface area contributed by atoms with Crippen molar-refractivity contribution in [3.8, 4) is 0 Å². The first-order chi connectivity index (χ1) is 11.1. The van der Waals surface area contributed by atoms with Crippen LogP contribution >= 0.6 is 11.8 Å². The lowest BCUT2D eigenvalue weighted by Crippen LogP contribution is -2.46. The number of nitrogens with zero attached hydrogens (tertiary/aromatic N) is 3. The minimum Gasteiger partial charge on any atom is -0.378 e. The van der Waals surface area contributed by atoms with Gasteiger partial charge in [-0.3, -0.25) is 19.3 Å². The Kier molecular flexibility index (Phi) is 4.53. The van der Waals surface area contributed by atoms with Crippen LogP contribution in [0.4, 0.5) is 4.79 Å². The monoisotopic (exact) mass is 335 g/mol. The van der Waals surface area contributed by atoms with E-state index in [4.69, 9.17) is 4.74 Å². The zero-order chi connectivity index (χ0) is 16.4. The highest BCUT2D eigenvalue weighted by molar-refractivity contribution is 8.18. The van der Waals surface area contributed by atoms with Crippen molar-refractivity contribution in [3.05, 3.63) is 28.9 Å². The molecule has 8 heteroatoms. The molecule has 0 unspecified atom stereocenters. The second-order valence-electron chi connectivity index (χ2n) is 5.30. The Hall–Kier alpha value is -2.06. The first kappa shape index (κ1) is 15.8.